The first-order valence-electron chi connectivity index (χ1n) is 7.06. The first-order valence-corrected chi connectivity index (χ1v) is 7.06. The van der Waals surface area contributed by atoms with Crippen LogP contribution in [-0.4, -0.2) is 17.4 Å². The van der Waals surface area contributed by atoms with E-state index in [1.807, 2.05) is 6.92 Å². The van der Waals surface area contributed by atoms with Crippen LogP contribution in [0.25, 0.3) is 11.1 Å². The Morgan fingerprint density at radius 1 is 1.18 bits per heavy atom. The van der Waals surface area contributed by atoms with E-state index in [2.05, 4.69) is 10.3 Å². The number of halogens is 3. The molecule has 0 saturated carbocycles. The molecule has 1 heterocycles. The van der Waals surface area contributed by atoms with E-state index in [1.54, 1.807) is 12.3 Å². The molecule has 0 atom stereocenters. The van der Waals surface area contributed by atoms with Crippen molar-refractivity contribution in [3.05, 3.63) is 47.8 Å². The Morgan fingerprint density at radius 3 is 2.45 bits per heavy atom. The van der Waals surface area contributed by atoms with Crippen LogP contribution in [0.3, 0.4) is 0 Å². The predicted octanol–water partition coefficient (Wildman–Crippen LogP) is 4.23. The minimum atomic E-state index is -4.35. The normalized spacial score (nSPS) is 11.5. The minimum Gasteiger partial charge on any atom is -0.357 e. The fourth-order valence-electron chi connectivity index (χ4n) is 2.02. The smallest absolute Gasteiger partial charge is 0.357 e. The second kappa shape index (κ2) is 6.68. The zero-order valence-electron chi connectivity index (χ0n) is 12.1. The summed E-state index contributed by atoms with van der Waals surface area (Å²) in [4.78, 5) is 14.7. The Labute approximate surface area is 126 Å². The quantitative estimate of drug-likeness (QED) is 0.798. The van der Waals surface area contributed by atoms with Crippen LogP contribution >= 0.6 is 0 Å². The van der Waals surface area contributed by atoms with Crippen molar-refractivity contribution in [2.75, 3.05) is 6.54 Å². The number of carbonyl (C=O) groups is 1. The van der Waals surface area contributed by atoms with Gasteiger partial charge in [0.15, 0.2) is 0 Å². The SMILES string of the molecule is CCCCNC(=O)c1cc(-c2ccc(C(F)(F)F)cc2)c[nH]1. The summed E-state index contributed by atoms with van der Waals surface area (Å²) in [5.41, 5.74) is 1.00. The lowest BCUT2D eigenvalue weighted by atomic mass is 10.1. The van der Waals surface area contributed by atoms with Crippen molar-refractivity contribution in [3.63, 3.8) is 0 Å². The first kappa shape index (κ1) is 16.1. The standard InChI is InChI=1S/C16H17F3N2O/c1-2-3-8-20-15(22)14-9-12(10-21-14)11-4-6-13(7-5-11)16(17,18)19/h4-7,9-10,21H,2-3,8H2,1H3,(H,20,22). The molecular formula is C16H17F3N2O. The molecule has 0 aliphatic rings. The lowest BCUT2D eigenvalue weighted by molar-refractivity contribution is -0.137. The van der Waals surface area contributed by atoms with Gasteiger partial charge < -0.3 is 10.3 Å². The molecule has 2 aromatic rings. The van der Waals surface area contributed by atoms with Gasteiger partial charge in [-0.05, 0) is 35.7 Å². The number of aromatic amines is 1. The van der Waals surface area contributed by atoms with Gasteiger partial charge in [-0.3, -0.25) is 4.79 Å². The zero-order chi connectivity index (χ0) is 16.2. The summed E-state index contributed by atoms with van der Waals surface area (Å²) in [6.45, 7) is 2.63. The summed E-state index contributed by atoms with van der Waals surface area (Å²) < 4.78 is 37.6. The van der Waals surface area contributed by atoms with E-state index in [-0.39, 0.29) is 5.91 Å². The van der Waals surface area contributed by atoms with Gasteiger partial charge in [-0.25, -0.2) is 0 Å². The predicted molar refractivity (Wildman–Crippen MR) is 78.5 cm³/mol. The number of aromatic nitrogens is 1. The molecule has 0 fully saturated rings. The van der Waals surface area contributed by atoms with E-state index in [4.69, 9.17) is 0 Å². The molecule has 0 radical (unpaired) electrons. The molecular weight excluding hydrogens is 293 g/mol. The van der Waals surface area contributed by atoms with Crippen LogP contribution in [-0.2, 0) is 6.18 Å². The number of carbonyl (C=O) groups excluding carboxylic acids is 1. The fourth-order valence-corrected chi connectivity index (χ4v) is 2.02. The van der Waals surface area contributed by atoms with Crippen molar-refractivity contribution < 1.29 is 18.0 Å². The highest BCUT2D eigenvalue weighted by Crippen LogP contribution is 2.31. The van der Waals surface area contributed by atoms with Gasteiger partial charge in [-0.2, -0.15) is 13.2 Å². The molecule has 0 unspecified atom stereocenters. The Hall–Kier alpha value is -2.24. The highest BCUT2D eigenvalue weighted by molar-refractivity contribution is 5.93. The van der Waals surface area contributed by atoms with E-state index in [0.717, 1.165) is 25.0 Å². The lowest BCUT2D eigenvalue weighted by Crippen LogP contribution is -2.24. The van der Waals surface area contributed by atoms with Crippen molar-refractivity contribution >= 4 is 5.91 Å². The van der Waals surface area contributed by atoms with Crippen molar-refractivity contribution in [1.82, 2.24) is 10.3 Å². The van der Waals surface area contributed by atoms with Crippen molar-refractivity contribution in [2.45, 2.75) is 25.9 Å². The molecule has 2 rings (SSSR count). The number of unbranched alkanes of at least 4 members (excludes halogenated alkanes) is 1. The third kappa shape index (κ3) is 3.90. The summed E-state index contributed by atoms with van der Waals surface area (Å²) in [5.74, 6) is -0.216. The van der Waals surface area contributed by atoms with E-state index in [9.17, 15) is 18.0 Å². The van der Waals surface area contributed by atoms with E-state index in [0.29, 0.717) is 23.4 Å². The van der Waals surface area contributed by atoms with Gasteiger partial charge in [0.2, 0.25) is 0 Å². The Morgan fingerprint density at radius 2 is 1.86 bits per heavy atom. The summed E-state index contributed by atoms with van der Waals surface area (Å²) >= 11 is 0. The van der Waals surface area contributed by atoms with Gasteiger partial charge in [0, 0.05) is 12.7 Å². The highest BCUT2D eigenvalue weighted by Gasteiger charge is 2.30. The van der Waals surface area contributed by atoms with Gasteiger partial charge in [0.1, 0.15) is 5.69 Å². The summed E-state index contributed by atoms with van der Waals surface area (Å²) in [7, 11) is 0. The minimum absolute atomic E-state index is 0.216. The van der Waals surface area contributed by atoms with Gasteiger partial charge in [0.05, 0.1) is 5.56 Å². The van der Waals surface area contributed by atoms with Crippen molar-refractivity contribution in [1.29, 1.82) is 0 Å². The van der Waals surface area contributed by atoms with Crippen LogP contribution in [0.2, 0.25) is 0 Å². The van der Waals surface area contributed by atoms with Gasteiger partial charge in [-0.1, -0.05) is 25.5 Å². The molecule has 118 valence electrons. The average molecular weight is 310 g/mol. The van der Waals surface area contributed by atoms with Crippen molar-refractivity contribution in [3.8, 4) is 11.1 Å². The lowest BCUT2D eigenvalue weighted by Gasteiger charge is -2.06. The maximum absolute atomic E-state index is 12.5. The Balaban J connectivity index is 2.09. The molecule has 0 aliphatic heterocycles. The monoisotopic (exact) mass is 310 g/mol. The number of H-pyrrole nitrogens is 1. The van der Waals surface area contributed by atoms with Crippen molar-refractivity contribution in [2.24, 2.45) is 0 Å². The molecule has 0 aliphatic carbocycles. The first-order chi connectivity index (χ1) is 10.4. The molecule has 3 nitrogen and oxygen atoms in total. The van der Waals surface area contributed by atoms with Crippen LogP contribution in [0.15, 0.2) is 36.5 Å². The molecule has 0 bridgehead atoms. The molecule has 1 amide bonds. The Bertz CT molecular complexity index is 630. The number of rotatable bonds is 5. The topological polar surface area (TPSA) is 44.9 Å². The zero-order valence-corrected chi connectivity index (χ0v) is 12.1. The fraction of sp³-hybridized carbons (Fsp3) is 0.312. The van der Waals surface area contributed by atoms with Gasteiger partial charge in [0.25, 0.3) is 5.91 Å². The third-order valence-corrected chi connectivity index (χ3v) is 3.29. The number of alkyl halides is 3. The largest absolute Gasteiger partial charge is 0.416 e. The van der Waals surface area contributed by atoms with E-state index in [1.165, 1.54) is 12.1 Å². The Kier molecular flexibility index (Phi) is 4.90. The second-order valence-corrected chi connectivity index (χ2v) is 4.99. The summed E-state index contributed by atoms with van der Waals surface area (Å²) in [6.07, 6.45) is -0.849. The molecule has 22 heavy (non-hydrogen) atoms. The number of benzene rings is 1. The number of hydrogen-bond acceptors (Lipinski definition) is 1. The van der Waals surface area contributed by atoms with Crippen LogP contribution in [0, 0.1) is 0 Å². The second-order valence-electron chi connectivity index (χ2n) is 4.99. The molecule has 6 heteroatoms. The van der Waals surface area contributed by atoms with Crippen LogP contribution in [0.4, 0.5) is 13.2 Å². The molecule has 0 saturated heterocycles. The molecule has 1 aromatic heterocycles. The average Bonchev–Trinajstić information content (AvgIpc) is 2.96. The van der Waals surface area contributed by atoms with Gasteiger partial charge in [-0.15, -0.1) is 0 Å². The third-order valence-electron chi connectivity index (χ3n) is 3.29. The maximum Gasteiger partial charge on any atom is 0.416 e. The molecule has 2 N–H and O–H groups in total. The summed E-state index contributed by atoms with van der Waals surface area (Å²) in [6, 6.07) is 6.48. The molecule has 0 spiro atoms. The number of nitrogens with one attached hydrogen (secondary N) is 2. The highest BCUT2D eigenvalue weighted by atomic mass is 19.4. The molecule has 1 aromatic carbocycles. The van der Waals surface area contributed by atoms with Crippen LogP contribution in [0.5, 0.6) is 0 Å². The van der Waals surface area contributed by atoms with E-state index >= 15 is 0 Å². The number of hydrogen-bond donors (Lipinski definition) is 2. The van der Waals surface area contributed by atoms with E-state index < -0.39 is 11.7 Å². The number of amides is 1. The summed E-state index contributed by atoms with van der Waals surface area (Å²) in [5, 5.41) is 2.77. The van der Waals surface area contributed by atoms with Crippen LogP contribution < -0.4 is 5.32 Å². The van der Waals surface area contributed by atoms with Crippen LogP contribution in [0.1, 0.15) is 35.8 Å². The maximum atomic E-state index is 12.5. The van der Waals surface area contributed by atoms with Gasteiger partial charge >= 0.3 is 6.18 Å².